The second-order valence-electron chi connectivity index (χ2n) is 2.60. The normalized spacial score (nSPS) is 19.2. The molecule has 0 radical (unpaired) electrons. The molecule has 0 saturated heterocycles. The lowest BCUT2D eigenvalue weighted by Crippen LogP contribution is -1.74. The maximum Gasteiger partial charge on any atom is -0.0206 e. The number of rotatable bonds is 0. The Kier molecular flexibility index (Phi) is 3.74. The highest BCUT2D eigenvalue weighted by Gasteiger charge is 1.85. The van der Waals surface area contributed by atoms with E-state index in [1.807, 2.05) is 6.08 Å². The summed E-state index contributed by atoms with van der Waals surface area (Å²) in [5.41, 5.74) is 3.12. The van der Waals surface area contributed by atoms with Crippen molar-refractivity contribution in [2.75, 3.05) is 0 Å². The predicted molar refractivity (Wildman–Crippen MR) is 44.9 cm³/mol. The average molecular weight is 134 g/mol. The Bertz CT molecular complexity index is 157. The Morgan fingerprint density at radius 2 is 1.90 bits per heavy atom. The third-order valence-corrected chi connectivity index (χ3v) is 1.67. The van der Waals surface area contributed by atoms with Gasteiger partial charge in [0.05, 0.1) is 0 Å². The first kappa shape index (κ1) is 7.37. The van der Waals surface area contributed by atoms with E-state index < -0.39 is 0 Å². The molecule has 1 rings (SSSR count). The first-order valence-corrected chi connectivity index (χ1v) is 4.06. The van der Waals surface area contributed by atoms with Gasteiger partial charge in [-0.25, -0.2) is 0 Å². The van der Waals surface area contributed by atoms with Gasteiger partial charge in [-0.1, -0.05) is 18.6 Å². The lowest BCUT2D eigenvalue weighted by Gasteiger charge is -1.94. The average Bonchev–Trinajstić information content (AvgIpc) is 2.01. The Morgan fingerprint density at radius 3 is 2.90 bits per heavy atom. The van der Waals surface area contributed by atoms with Crippen LogP contribution in [0.3, 0.4) is 0 Å². The fraction of sp³-hybridized carbons (Fsp3) is 0.500. The Morgan fingerprint density at radius 1 is 1.00 bits per heavy atom. The molecule has 0 aliphatic heterocycles. The van der Waals surface area contributed by atoms with Crippen molar-refractivity contribution in [2.45, 2.75) is 32.1 Å². The molecular formula is C10H14. The van der Waals surface area contributed by atoms with Gasteiger partial charge in [0.2, 0.25) is 0 Å². The maximum absolute atomic E-state index is 3.12. The molecule has 0 fully saturated rings. The van der Waals surface area contributed by atoms with Gasteiger partial charge < -0.3 is 0 Å². The van der Waals surface area contributed by atoms with Crippen LogP contribution in [0.5, 0.6) is 0 Å². The minimum atomic E-state index is 1.20. The van der Waals surface area contributed by atoms with Crippen molar-refractivity contribution in [3.8, 4) is 0 Å². The van der Waals surface area contributed by atoms with Crippen molar-refractivity contribution >= 4 is 0 Å². The van der Waals surface area contributed by atoms with Crippen molar-refractivity contribution in [1.29, 1.82) is 0 Å². The predicted octanol–water partition coefficient (Wildman–Crippen LogP) is 3.22. The van der Waals surface area contributed by atoms with Gasteiger partial charge in [0.1, 0.15) is 0 Å². The van der Waals surface area contributed by atoms with E-state index in [9.17, 15) is 0 Å². The molecule has 0 aromatic heterocycles. The molecule has 10 heavy (non-hydrogen) atoms. The molecule has 0 spiro atoms. The fourth-order valence-electron chi connectivity index (χ4n) is 1.06. The molecule has 0 heteroatoms. The van der Waals surface area contributed by atoms with Gasteiger partial charge in [0, 0.05) is 0 Å². The monoisotopic (exact) mass is 134 g/mol. The molecule has 0 N–H and O–H groups in total. The minimum absolute atomic E-state index is 1.20. The van der Waals surface area contributed by atoms with E-state index in [1.165, 1.54) is 32.1 Å². The summed E-state index contributed by atoms with van der Waals surface area (Å²) in [6.45, 7) is 0. The summed E-state index contributed by atoms with van der Waals surface area (Å²) in [5.74, 6) is 0. The molecule has 0 unspecified atom stereocenters. The molecule has 0 aromatic carbocycles. The van der Waals surface area contributed by atoms with Crippen molar-refractivity contribution in [3.05, 3.63) is 30.0 Å². The van der Waals surface area contributed by atoms with Crippen LogP contribution in [0.2, 0.25) is 0 Å². The molecule has 0 atom stereocenters. The first-order valence-electron chi connectivity index (χ1n) is 4.06. The van der Waals surface area contributed by atoms with Crippen molar-refractivity contribution in [3.63, 3.8) is 0 Å². The third kappa shape index (κ3) is 3.32. The van der Waals surface area contributed by atoms with Gasteiger partial charge in [-0.3, -0.25) is 0 Å². The highest BCUT2D eigenvalue weighted by molar-refractivity contribution is 5.02. The summed E-state index contributed by atoms with van der Waals surface area (Å²) in [6, 6.07) is 0. The van der Waals surface area contributed by atoms with Crippen molar-refractivity contribution in [1.82, 2.24) is 0 Å². The zero-order valence-corrected chi connectivity index (χ0v) is 6.34. The standard InChI is InChI=1S/C10H14/c1-2-4-6-8-10-9-7-5-3-1/h1-3,7H,4,6,8-10H2. The molecule has 1 aliphatic carbocycles. The Labute approximate surface area is 62.9 Å². The molecule has 0 aromatic rings. The largest absolute Gasteiger partial charge is 0.125 e. The Hall–Kier alpha value is -0.740. The topological polar surface area (TPSA) is 0 Å². The summed E-state index contributed by atoms with van der Waals surface area (Å²) in [7, 11) is 0. The van der Waals surface area contributed by atoms with Gasteiger partial charge in [0.25, 0.3) is 0 Å². The summed E-state index contributed by atoms with van der Waals surface area (Å²) >= 11 is 0. The van der Waals surface area contributed by atoms with Crippen molar-refractivity contribution in [2.24, 2.45) is 0 Å². The molecule has 1 aliphatic rings. The second-order valence-corrected chi connectivity index (χ2v) is 2.60. The lowest BCUT2D eigenvalue weighted by atomic mass is 10.1. The van der Waals surface area contributed by atoms with E-state index in [1.54, 1.807) is 0 Å². The summed E-state index contributed by atoms with van der Waals surface area (Å²) in [5, 5.41) is 0. The summed E-state index contributed by atoms with van der Waals surface area (Å²) < 4.78 is 0. The van der Waals surface area contributed by atoms with Crippen LogP contribution in [0.1, 0.15) is 32.1 Å². The van der Waals surface area contributed by atoms with E-state index in [4.69, 9.17) is 0 Å². The maximum atomic E-state index is 3.12. The van der Waals surface area contributed by atoms with Gasteiger partial charge in [-0.05, 0) is 37.8 Å². The highest BCUT2D eigenvalue weighted by atomic mass is 13.9. The zero-order chi connectivity index (χ0) is 7.07. The van der Waals surface area contributed by atoms with E-state index >= 15 is 0 Å². The SMILES string of the molecule is C1=CC=CCCCCCC=1. The fourth-order valence-corrected chi connectivity index (χ4v) is 1.06. The molecule has 0 amide bonds. The zero-order valence-electron chi connectivity index (χ0n) is 6.34. The smallest absolute Gasteiger partial charge is 0.0206 e. The van der Waals surface area contributed by atoms with E-state index in [0.717, 1.165) is 0 Å². The number of allylic oxidation sites excluding steroid dienone is 3. The van der Waals surface area contributed by atoms with Gasteiger partial charge in [-0.2, -0.15) is 0 Å². The van der Waals surface area contributed by atoms with Crippen LogP contribution in [0.15, 0.2) is 30.0 Å². The summed E-state index contributed by atoms with van der Waals surface area (Å²) in [4.78, 5) is 0. The molecular weight excluding hydrogens is 120 g/mol. The molecule has 0 bridgehead atoms. The lowest BCUT2D eigenvalue weighted by molar-refractivity contribution is 0.696. The molecule has 0 nitrogen and oxygen atoms in total. The van der Waals surface area contributed by atoms with E-state index in [0.29, 0.717) is 0 Å². The Balaban J connectivity index is 2.42. The quantitative estimate of drug-likeness (QED) is 0.446. The van der Waals surface area contributed by atoms with Gasteiger partial charge in [0.15, 0.2) is 0 Å². The highest BCUT2D eigenvalue weighted by Crippen LogP contribution is 2.04. The first-order chi connectivity index (χ1) is 5.00. The number of hydrogen-bond donors (Lipinski definition) is 0. The van der Waals surface area contributed by atoms with E-state index in [-0.39, 0.29) is 0 Å². The second kappa shape index (κ2) is 5.08. The third-order valence-electron chi connectivity index (χ3n) is 1.67. The van der Waals surface area contributed by atoms with Crippen LogP contribution in [-0.2, 0) is 0 Å². The van der Waals surface area contributed by atoms with Gasteiger partial charge in [-0.15, -0.1) is 5.73 Å². The van der Waals surface area contributed by atoms with Crippen molar-refractivity contribution < 1.29 is 0 Å². The molecule has 54 valence electrons. The van der Waals surface area contributed by atoms with Gasteiger partial charge >= 0.3 is 0 Å². The summed E-state index contributed by atoms with van der Waals surface area (Å²) in [6.07, 6.45) is 14.9. The number of hydrogen-bond acceptors (Lipinski definition) is 0. The minimum Gasteiger partial charge on any atom is -0.125 e. The van der Waals surface area contributed by atoms with Crippen LogP contribution in [0, 0.1) is 0 Å². The van der Waals surface area contributed by atoms with Crippen LogP contribution < -0.4 is 0 Å². The molecule has 0 heterocycles. The van der Waals surface area contributed by atoms with Crippen LogP contribution in [-0.4, -0.2) is 0 Å². The van der Waals surface area contributed by atoms with Crippen LogP contribution >= 0.6 is 0 Å². The van der Waals surface area contributed by atoms with E-state index in [2.05, 4.69) is 24.0 Å². The van der Waals surface area contributed by atoms with Crippen LogP contribution in [0.4, 0.5) is 0 Å². The molecule has 0 saturated carbocycles. The van der Waals surface area contributed by atoms with Crippen LogP contribution in [0.25, 0.3) is 0 Å².